The van der Waals surface area contributed by atoms with Crippen LogP contribution in [0.1, 0.15) is 19.8 Å². The number of carbonyl (C=O) groups is 1. The Bertz CT molecular complexity index is 189. The predicted octanol–water partition coefficient (Wildman–Crippen LogP) is 1.11. The molecule has 0 aromatic heterocycles. The number of hydrogen-bond acceptors (Lipinski definition) is 3. The third-order valence-corrected chi connectivity index (χ3v) is 2.09. The normalized spacial score (nSPS) is 25.8. The summed E-state index contributed by atoms with van der Waals surface area (Å²) in [6.45, 7) is 4.00. The second kappa shape index (κ2) is 5.75. The molecule has 1 heterocycles. The van der Waals surface area contributed by atoms with Crippen molar-refractivity contribution in [1.82, 2.24) is 5.32 Å². The van der Waals surface area contributed by atoms with Gasteiger partial charge in [0.25, 0.3) is 0 Å². The number of allylic oxidation sites excluding steroid dienone is 1. The van der Waals surface area contributed by atoms with Crippen molar-refractivity contribution in [3.8, 4) is 0 Å². The lowest BCUT2D eigenvalue weighted by Gasteiger charge is -2.15. The van der Waals surface area contributed by atoms with Crippen LogP contribution in [0.2, 0.25) is 0 Å². The SMILES string of the molecule is CCOC(=O)C1C/C=C\CCNC1. The largest absolute Gasteiger partial charge is 0.466 e. The highest BCUT2D eigenvalue weighted by molar-refractivity contribution is 5.72. The van der Waals surface area contributed by atoms with Gasteiger partial charge in [0.1, 0.15) is 0 Å². The first-order valence-electron chi connectivity index (χ1n) is 4.87. The van der Waals surface area contributed by atoms with Crippen LogP contribution in [-0.4, -0.2) is 25.7 Å². The molecular formula is C10H17NO2. The van der Waals surface area contributed by atoms with E-state index >= 15 is 0 Å². The molecule has 0 saturated heterocycles. The van der Waals surface area contributed by atoms with Gasteiger partial charge in [-0.1, -0.05) is 12.2 Å². The molecule has 0 aromatic carbocycles. The van der Waals surface area contributed by atoms with Crippen LogP contribution in [0.3, 0.4) is 0 Å². The average Bonchev–Trinajstić information content (AvgIpc) is 2.03. The number of rotatable bonds is 2. The zero-order valence-corrected chi connectivity index (χ0v) is 8.08. The molecular weight excluding hydrogens is 166 g/mol. The highest BCUT2D eigenvalue weighted by atomic mass is 16.5. The summed E-state index contributed by atoms with van der Waals surface area (Å²) in [4.78, 5) is 11.4. The Hall–Kier alpha value is -0.830. The smallest absolute Gasteiger partial charge is 0.310 e. The van der Waals surface area contributed by atoms with Crippen LogP contribution in [0, 0.1) is 5.92 Å². The molecule has 0 fully saturated rings. The summed E-state index contributed by atoms with van der Waals surface area (Å²) >= 11 is 0. The molecule has 3 nitrogen and oxygen atoms in total. The fourth-order valence-electron chi connectivity index (χ4n) is 1.36. The zero-order chi connectivity index (χ0) is 9.52. The van der Waals surface area contributed by atoms with Crippen LogP contribution in [0.4, 0.5) is 0 Å². The lowest BCUT2D eigenvalue weighted by Crippen LogP contribution is -2.31. The summed E-state index contributed by atoms with van der Waals surface area (Å²) in [6.07, 6.45) is 6.03. The van der Waals surface area contributed by atoms with Crippen molar-refractivity contribution in [3.63, 3.8) is 0 Å². The fourth-order valence-corrected chi connectivity index (χ4v) is 1.36. The van der Waals surface area contributed by atoms with Gasteiger partial charge in [-0.25, -0.2) is 0 Å². The lowest BCUT2D eigenvalue weighted by atomic mass is 10.0. The average molecular weight is 183 g/mol. The molecule has 3 heteroatoms. The van der Waals surface area contributed by atoms with Gasteiger partial charge in [0.2, 0.25) is 0 Å². The fraction of sp³-hybridized carbons (Fsp3) is 0.700. The minimum Gasteiger partial charge on any atom is -0.466 e. The van der Waals surface area contributed by atoms with Crippen molar-refractivity contribution in [2.45, 2.75) is 19.8 Å². The maximum Gasteiger partial charge on any atom is 0.310 e. The second-order valence-electron chi connectivity index (χ2n) is 3.15. The molecule has 1 atom stereocenters. The second-order valence-corrected chi connectivity index (χ2v) is 3.15. The minimum atomic E-state index is -0.0819. The highest BCUT2D eigenvalue weighted by Crippen LogP contribution is 2.08. The summed E-state index contributed by atoms with van der Waals surface area (Å²) in [5, 5.41) is 3.22. The molecule has 1 unspecified atom stereocenters. The van der Waals surface area contributed by atoms with Gasteiger partial charge in [-0.3, -0.25) is 4.79 Å². The predicted molar refractivity (Wildman–Crippen MR) is 51.4 cm³/mol. The van der Waals surface area contributed by atoms with Gasteiger partial charge < -0.3 is 10.1 Å². The Kier molecular flexibility index (Phi) is 4.54. The highest BCUT2D eigenvalue weighted by Gasteiger charge is 2.18. The van der Waals surface area contributed by atoms with E-state index in [2.05, 4.69) is 17.5 Å². The van der Waals surface area contributed by atoms with Crippen LogP contribution in [-0.2, 0) is 9.53 Å². The lowest BCUT2D eigenvalue weighted by molar-refractivity contribution is -0.147. The maximum atomic E-state index is 11.4. The summed E-state index contributed by atoms with van der Waals surface area (Å²) in [7, 11) is 0. The first-order valence-corrected chi connectivity index (χ1v) is 4.87. The van der Waals surface area contributed by atoms with Gasteiger partial charge in [0.15, 0.2) is 0 Å². The number of hydrogen-bond donors (Lipinski definition) is 1. The quantitative estimate of drug-likeness (QED) is 0.514. The summed E-state index contributed by atoms with van der Waals surface area (Å²) < 4.78 is 4.96. The molecule has 1 N–H and O–H groups in total. The maximum absolute atomic E-state index is 11.4. The first kappa shape index (κ1) is 10.3. The summed E-state index contributed by atoms with van der Waals surface area (Å²) in [5.41, 5.74) is 0. The van der Waals surface area contributed by atoms with E-state index in [0.717, 1.165) is 25.9 Å². The van der Waals surface area contributed by atoms with Gasteiger partial charge in [-0.15, -0.1) is 0 Å². The van der Waals surface area contributed by atoms with E-state index < -0.39 is 0 Å². The Morgan fingerprint density at radius 2 is 2.46 bits per heavy atom. The molecule has 0 spiro atoms. The van der Waals surface area contributed by atoms with Crippen molar-refractivity contribution in [2.75, 3.05) is 19.7 Å². The van der Waals surface area contributed by atoms with Crippen molar-refractivity contribution in [3.05, 3.63) is 12.2 Å². The molecule has 1 aliphatic rings. The van der Waals surface area contributed by atoms with E-state index in [1.54, 1.807) is 0 Å². The number of ether oxygens (including phenoxy) is 1. The molecule has 0 aromatic rings. The molecule has 74 valence electrons. The van der Waals surface area contributed by atoms with E-state index in [1.165, 1.54) is 0 Å². The van der Waals surface area contributed by atoms with Crippen molar-refractivity contribution in [2.24, 2.45) is 5.92 Å². The van der Waals surface area contributed by atoms with E-state index in [-0.39, 0.29) is 11.9 Å². The van der Waals surface area contributed by atoms with Crippen LogP contribution in [0.15, 0.2) is 12.2 Å². The van der Waals surface area contributed by atoms with Gasteiger partial charge in [0, 0.05) is 6.54 Å². The van der Waals surface area contributed by atoms with Gasteiger partial charge in [0.05, 0.1) is 12.5 Å². The van der Waals surface area contributed by atoms with Crippen LogP contribution in [0.5, 0.6) is 0 Å². The third-order valence-electron chi connectivity index (χ3n) is 2.09. The summed E-state index contributed by atoms with van der Waals surface area (Å²) in [5.74, 6) is -0.0851. The van der Waals surface area contributed by atoms with Gasteiger partial charge in [-0.05, 0) is 26.3 Å². The topological polar surface area (TPSA) is 38.3 Å². The van der Waals surface area contributed by atoms with Crippen molar-refractivity contribution < 1.29 is 9.53 Å². The number of carbonyl (C=O) groups excluding carboxylic acids is 1. The molecule has 0 amide bonds. The molecule has 0 aliphatic carbocycles. The van der Waals surface area contributed by atoms with E-state index in [1.807, 2.05) is 6.92 Å². The van der Waals surface area contributed by atoms with Gasteiger partial charge in [-0.2, -0.15) is 0 Å². The molecule has 0 radical (unpaired) electrons. The Labute approximate surface area is 79.2 Å². The minimum absolute atomic E-state index is 0.00324. The molecule has 0 bridgehead atoms. The monoisotopic (exact) mass is 183 g/mol. The Balaban J connectivity index is 2.41. The number of nitrogens with one attached hydrogen (secondary N) is 1. The Morgan fingerprint density at radius 1 is 1.62 bits per heavy atom. The van der Waals surface area contributed by atoms with Crippen molar-refractivity contribution in [1.29, 1.82) is 0 Å². The molecule has 13 heavy (non-hydrogen) atoms. The van der Waals surface area contributed by atoms with E-state index in [0.29, 0.717) is 6.61 Å². The first-order chi connectivity index (χ1) is 6.34. The zero-order valence-electron chi connectivity index (χ0n) is 8.08. The van der Waals surface area contributed by atoms with E-state index in [4.69, 9.17) is 4.74 Å². The molecule has 1 rings (SSSR count). The van der Waals surface area contributed by atoms with Crippen LogP contribution < -0.4 is 5.32 Å². The van der Waals surface area contributed by atoms with Crippen LogP contribution >= 0.6 is 0 Å². The summed E-state index contributed by atoms with van der Waals surface area (Å²) in [6, 6.07) is 0. The molecule has 0 saturated carbocycles. The van der Waals surface area contributed by atoms with Crippen LogP contribution in [0.25, 0.3) is 0 Å². The molecule has 1 aliphatic heterocycles. The standard InChI is InChI=1S/C10H17NO2/c1-2-13-10(12)9-6-4-3-5-7-11-8-9/h3-4,9,11H,2,5-8H2,1H3/b4-3-. The third kappa shape index (κ3) is 3.59. The van der Waals surface area contributed by atoms with E-state index in [9.17, 15) is 4.79 Å². The van der Waals surface area contributed by atoms with Gasteiger partial charge >= 0.3 is 5.97 Å². The Morgan fingerprint density at radius 3 is 3.23 bits per heavy atom. The van der Waals surface area contributed by atoms with Crippen molar-refractivity contribution >= 4 is 5.97 Å². The number of esters is 1.